The van der Waals surface area contributed by atoms with Crippen molar-refractivity contribution in [1.82, 2.24) is 14.7 Å². The zero-order valence-electron chi connectivity index (χ0n) is 32.0. The van der Waals surface area contributed by atoms with E-state index in [-0.39, 0.29) is 43.3 Å². The number of benzene rings is 4. The predicted molar refractivity (Wildman–Crippen MR) is 208 cm³/mol. The quantitative estimate of drug-likeness (QED) is 0.0595. The summed E-state index contributed by atoms with van der Waals surface area (Å²) in [5, 5.41) is 4.40. The maximum atomic E-state index is 15.3. The SMILES string of the molecule is CC(=O)N(C[C@H]1CN(c2ccc(N3Cc4cn(C)nc4C3)c(F)c2)C(=O)O1)C(=O)OCOC(=O)c1ccc(OP(=O)(OCc2ccccc2)OCc2ccccc2)cc1. The van der Waals surface area contributed by atoms with Crippen LogP contribution in [0.25, 0.3) is 0 Å². The molecule has 5 aromatic rings. The number of rotatable bonds is 15. The number of imide groups is 1. The zero-order valence-corrected chi connectivity index (χ0v) is 32.9. The first-order chi connectivity index (χ1) is 28.4. The lowest BCUT2D eigenvalue weighted by Gasteiger charge is -2.22. The van der Waals surface area contributed by atoms with Gasteiger partial charge >= 0.3 is 26.0 Å². The molecule has 0 unspecified atom stereocenters. The third-order valence-electron chi connectivity index (χ3n) is 9.28. The van der Waals surface area contributed by atoms with Crippen LogP contribution in [0.2, 0.25) is 0 Å². The van der Waals surface area contributed by atoms with Crippen molar-refractivity contribution in [2.75, 3.05) is 29.7 Å². The average Bonchev–Trinajstić information content (AvgIpc) is 3.91. The molecular weight excluding hydrogens is 788 g/mol. The molecule has 18 heteroatoms. The normalized spacial score (nSPS) is 14.8. The lowest BCUT2D eigenvalue weighted by atomic mass is 10.2. The van der Waals surface area contributed by atoms with Crippen LogP contribution in [-0.4, -0.2) is 64.7 Å². The molecule has 0 aliphatic carbocycles. The van der Waals surface area contributed by atoms with Crippen molar-refractivity contribution in [1.29, 1.82) is 0 Å². The molecule has 0 spiro atoms. The van der Waals surface area contributed by atoms with Crippen molar-refractivity contribution < 1.29 is 55.9 Å². The number of halogens is 1. The predicted octanol–water partition coefficient (Wildman–Crippen LogP) is 7.12. The number of carbonyl (C=O) groups is 4. The highest BCUT2D eigenvalue weighted by atomic mass is 31.2. The fourth-order valence-corrected chi connectivity index (χ4v) is 7.54. The molecule has 0 bridgehead atoms. The van der Waals surface area contributed by atoms with Crippen molar-refractivity contribution in [3.05, 3.63) is 143 Å². The van der Waals surface area contributed by atoms with E-state index in [1.54, 1.807) is 41.1 Å². The number of anilines is 2. The first kappa shape index (κ1) is 40.6. The smallest absolute Gasteiger partial charge is 0.442 e. The Bertz CT molecular complexity index is 2290. The number of ether oxygens (including phenoxy) is 3. The van der Waals surface area contributed by atoms with Gasteiger partial charge in [0.15, 0.2) is 0 Å². The zero-order chi connectivity index (χ0) is 41.5. The van der Waals surface area contributed by atoms with Gasteiger partial charge in [-0.2, -0.15) is 5.10 Å². The largest absolute Gasteiger partial charge is 0.530 e. The van der Waals surface area contributed by atoms with Crippen LogP contribution in [0.4, 0.5) is 25.4 Å². The van der Waals surface area contributed by atoms with Crippen molar-refractivity contribution in [3.63, 3.8) is 0 Å². The van der Waals surface area contributed by atoms with Crippen LogP contribution in [0.1, 0.15) is 39.7 Å². The third-order valence-corrected chi connectivity index (χ3v) is 10.6. The molecule has 0 radical (unpaired) electrons. The molecule has 4 aromatic carbocycles. The minimum absolute atomic E-state index is 0.0344. The van der Waals surface area contributed by atoms with Crippen molar-refractivity contribution >= 4 is 43.3 Å². The van der Waals surface area contributed by atoms with Crippen LogP contribution >= 0.6 is 7.82 Å². The summed E-state index contributed by atoms with van der Waals surface area (Å²) in [7, 11) is -2.33. The number of carbonyl (C=O) groups excluding carboxylic acids is 4. The Labute approximate surface area is 338 Å². The van der Waals surface area contributed by atoms with Crippen molar-refractivity contribution in [3.8, 4) is 5.75 Å². The fourth-order valence-electron chi connectivity index (χ4n) is 6.37. The molecule has 2 aliphatic rings. The first-order valence-corrected chi connectivity index (χ1v) is 19.8. The maximum absolute atomic E-state index is 15.3. The molecule has 0 N–H and O–H groups in total. The number of cyclic esters (lactones) is 1. The van der Waals surface area contributed by atoms with Crippen LogP contribution in [-0.2, 0) is 66.0 Å². The summed E-state index contributed by atoms with van der Waals surface area (Å²) in [6.07, 6.45) is -1.01. The standard InChI is InChI=1S/C41H39FN5O11P/c1-28(48)46(22-35-23-47(41(51)57-35)33-15-18-38(36(42)19-33)45-21-32-20-44(2)43-37(32)24-45)40(50)54-27-53-39(49)31-13-16-34(17-14-31)58-59(52,55-25-29-9-5-3-6-10-29)56-26-30-11-7-4-8-12-30/h3-20,35H,21-27H2,1-2H3/t35-/m0/s1. The lowest BCUT2D eigenvalue weighted by molar-refractivity contribution is -0.128. The van der Waals surface area contributed by atoms with Crippen LogP contribution in [0.3, 0.4) is 0 Å². The average molecular weight is 828 g/mol. The number of amides is 3. The van der Waals surface area contributed by atoms with Crippen LogP contribution in [0, 0.1) is 5.82 Å². The van der Waals surface area contributed by atoms with E-state index in [0.29, 0.717) is 23.7 Å². The van der Waals surface area contributed by atoms with E-state index in [1.165, 1.54) is 35.2 Å². The number of aromatic nitrogens is 2. The number of phosphoric ester groups is 1. The molecule has 3 amide bonds. The molecule has 0 saturated carbocycles. The molecule has 1 atom stereocenters. The van der Waals surface area contributed by atoms with Crippen LogP contribution in [0.15, 0.2) is 109 Å². The van der Waals surface area contributed by atoms with E-state index in [2.05, 4.69) is 5.10 Å². The summed E-state index contributed by atoms with van der Waals surface area (Å²) in [6, 6.07) is 27.9. The highest BCUT2D eigenvalue weighted by Gasteiger charge is 2.37. The van der Waals surface area contributed by atoms with Gasteiger partial charge < -0.3 is 23.6 Å². The fraction of sp³-hybridized carbons (Fsp3) is 0.244. The van der Waals surface area contributed by atoms with Gasteiger partial charge in [0.05, 0.1) is 55.5 Å². The van der Waals surface area contributed by atoms with Crippen molar-refractivity contribution in [2.24, 2.45) is 7.05 Å². The molecule has 1 saturated heterocycles. The van der Waals surface area contributed by atoms with Gasteiger partial charge in [0.2, 0.25) is 12.7 Å². The van der Waals surface area contributed by atoms with E-state index >= 15 is 4.39 Å². The van der Waals surface area contributed by atoms with Gasteiger partial charge in [-0.1, -0.05) is 60.7 Å². The monoisotopic (exact) mass is 827 g/mol. The van der Waals surface area contributed by atoms with Crippen molar-refractivity contribution in [2.45, 2.75) is 39.3 Å². The topological polar surface area (TPSA) is 168 Å². The number of hydrogen-bond donors (Lipinski definition) is 0. The molecule has 59 heavy (non-hydrogen) atoms. The molecule has 306 valence electrons. The number of aryl methyl sites for hydroxylation is 1. The highest BCUT2D eigenvalue weighted by Crippen LogP contribution is 2.51. The Hall–Kier alpha value is -6.55. The van der Waals surface area contributed by atoms with E-state index in [1.807, 2.05) is 54.5 Å². The molecule has 1 fully saturated rings. The van der Waals surface area contributed by atoms with Crippen LogP contribution < -0.4 is 14.3 Å². The minimum atomic E-state index is -4.16. The molecule has 3 heterocycles. The van der Waals surface area contributed by atoms with Gasteiger partial charge in [-0.05, 0) is 53.6 Å². The van der Waals surface area contributed by atoms with E-state index in [4.69, 9.17) is 27.8 Å². The summed E-state index contributed by atoms with van der Waals surface area (Å²) < 4.78 is 63.1. The lowest BCUT2D eigenvalue weighted by Crippen LogP contribution is -2.42. The number of esters is 1. The highest BCUT2D eigenvalue weighted by molar-refractivity contribution is 7.48. The summed E-state index contributed by atoms with van der Waals surface area (Å²) in [5.41, 5.74) is 3.99. The summed E-state index contributed by atoms with van der Waals surface area (Å²) in [6.45, 7) is 0.644. The maximum Gasteiger partial charge on any atom is 0.530 e. The van der Waals surface area contributed by atoms with E-state index < -0.39 is 50.6 Å². The van der Waals surface area contributed by atoms with Gasteiger partial charge in [0.1, 0.15) is 17.7 Å². The van der Waals surface area contributed by atoms with E-state index in [9.17, 15) is 23.7 Å². The third kappa shape index (κ3) is 10.1. The Morgan fingerprint density at radius 2 is 1.56 bits per heavy atom. The number of hydrogen-bond acceptors (Lipinski definition) is 13. The number of fused-ring (bicyclic) bond motifs is 1. The first-order valence-electron chi connectivity index (χ1n) is 18.4. The molecule has 7 rings (SSSR count). The Morgan fingerprint density at radius 3 is 2.17 bits per heavy atom. The van der Waals surface area contributed by atoms with E-state index in [0.717, 1.165) is 29.3 Å². The molecule has 16 nitrogen and oxygen atoms in total. The van der Waals surface area contributed by atoms with Gasteiger partial charge in [0.25, 0.3) is 0 Å². The second-order valence-electron chi connectivity index (χ2n) is 13.6. The number of phosphoric acid groups is 1. The van der Waals surface area contributed by atoms with Gasteiger partial charge in [-0.25, -0.2) is 28.2 Å². The van der Waals surface area contributed by atoms with Crippen LogP contribution in [0.5, 0.6) is 5.75 Å². The Balaban J connectivity index is 0.892. The molecule has 1 aromatic heterocycles. The second kappa shape index (κ2) is 17.9. The van der Waals surface area contributed by atoms with Gasteiger partial charge in [-0.3, -0.25) is 23.4 Å². The second-order valence-corrected chi connectivity index (χ2v) is 15.1. The molecular formula is C41H39FN5O11P. The summed E-state index contributed by atoms with van der Waals surface area (Å²) in [4.78, 5) is 54.6. The minimum Gasteiger partial charge on any atom is -0.442 e. The summed E-state index contributed by atoms with van der Waals surface area (Å²) in [5.74, 6) is -2.07. The number of nitrogens with zero attached hydrogens (tertiary/aromatic N) is 5. The van der Waals surface area contributed by atoms with Gasteiger partial charge in [0, 0.05) is 32.3 Å². The van der Waals surface area contributed by atoms with Gasteiger partial charge in [-0.15, -0.1) is 0 Å². The Kier molecular flexibility index (Phi) is 12.4. The molecule has 2 aliphatic heterocycles. The summed E-state index contributed by atoms with van der Waals surface area (Å²) >= 11 is 0. The Morgan fingerprint density at radius 1 is 0.898 bits per heavy atom.